The summed E-state index contributed by atoms with van der Waals surface area (Å²) in [5.41, 5.74) is 1.07. The van der Waals surface area contributed by atoms with Gasteiger partial charge < -0.3 is 31.9 Å². The average molecular weight is 629 g/mol. The maximum absolute atomic E-state index is 13.1. The number of nitrogens with zero attached hydrogens (tertiary/aromatic N) is 3. The SMILES string of the molecule is CO[Si](CCCCCCCCSc1nc(Cc2ccccc2)n(C(=O)NCCC[Si](OC)(OC)OC)n1)(OC)OC. The number of carbonyl (C=O) groups is 1. The van der Waals surface area contributed by atoms with Crippen molar-refractivity contribution in [2.24, 2.45) is 0 Å². The summed E-state index contributed by atoms with van der Waals surface area (Å²) in [6.45, 7) is 0.447. The Kier molecular flexibility index (Phi) is 17.0. The Morgan fingerprint density at radius 2 is 1.32 bits per heavy atom. The van der Waals surface area contributed by atoms with Crippen molar-refractivity contribution in [3.63, 3.8) is 0 Å². The van der Waals surface area contributed by atoms with Crippen LogP contribution in [0.2, 0.25) is 12.1 Å². The predicted molar refractivity (Wildman–Crippen MR) is 164 cm³/mol. The van der Waals surface area contributed by atoms with Crippen molar-refractivity contribution in [3.05, 3.63) is 41.7 Å². The minimum Gasteiger partial charge on any atom is -0.377 e. The van der Waals surface area contributed by atoms with E-state index >= 15 is 0 Å². The lowest BCUT2D eigenvalue weighted by Crippen LogP contribution is -2.43. The normalized spacial score (nSPS) is 12.1. The number of nitrogens with one attached hydrogen (secondary N) is 1. The van der Waals surface area contributed by atoms with E-state index < -0.39 is 17.6 Å². The second kappa shape index (κ2) is 19.5. The molecule has 0 radical (unpaired) electrons. The van der Waals surface area contributed by atoms with Crippen molar-refractivity contribution in [2.75, 3.05) is 55.0 Å². The number of hydrogen-bond acceptors (Lipinski definition) is 10. The van der Waals surface area contributed by atoms with Gasteiger partial charge in [-0.3, -0.25) is 0 Å². The Hall–Kier alpha value is -1.63. The van der Waals surface area contributed by atoms with Crippen LogP contribution in [0, 0.1) is 0 Å². The Morgan fingerprint density at radius 3 is 1.90 bits per heavy atom. The predicted octanol–water partition coefficient (Wildman–Crippen LogP) is 5.01. The van der Waals surface area contributed by atoms with Gasteiger partial charge in [0.25, 0.3) is 0 Å². The van der Waals surface area contributed by atoms with Gasteiger partial charge in [-0.2, -0.15) is 4.68 Å². The Balaban J connectivity index is 1.83. The zero-order valence-electron chi connectivity index (χ0n) is 25.5. The number of benzene rings is 1. The molecule has 0 atom stereocenters. The number of thioether (sulfide) groups is 1. The molecule has 0 saturated heterocycles. The fourth-order valence-electron chi connectivity index (χ4n) is 4.44. The minimum absolute atomic E-state index is 0.294. The van der Waals surface area contributed by atoms with Crippen LogP contribution in [0.5, 0.6) is 0 Å². The van der Waals surface area contributed by atoms with E-state index in [1.165, 1.54) is 17.5 Å². The summed E-state index contributed by atoms with van der Waals surface area (Å²) in [7, 11) is 4.60. The summed E-state index contributed by atoms with van der Waals surface area (Å²) in [6.07, 6.45) is 7.90. The summed E-state index contributed by atoms with van der Waals surface area (Å²) in [5.74, 6) is 1.52. The average Bonchev–Trinajstić information content (AvgIpc) is 3.41. The van der Waals surface area contributed by atoms with E-state index in [4.69, 9.17) is 31.5 Å². The molecule has 0 fully saturated rings. The number of amides is 1. The van der Waals surface area contributed by atoms with Crippen LogP contribution in [0.3, 0.4) is 0 Å². The third-order valence-corrected chi connectivity index (χ3v) is 13.6. The number of aromatic nitrogens is 3. The van der Waals surface area contributed by atoms with E-state index in [9.17, 15) is 4.79 Å². The lowest BCUT2D eigenvalue weighted by atomic mass is 10.1. The molecule has 1 heterocycles. The van der Waals surface area contributed by atoms with Gasteiger partial charge in [0, 0.05) is 73.5 Å². The van der Waals surface area contributed by atoms with Gasteiger partial charge in [-0.1, -0.05) is 67.8 Å². The molecule has 2 rings (SSSR count). The zero-order valence-corrected chi connectivity index (χ0v) is 28.3. The van der Waals surface area contributed by atoms with Gasteiger partial charge in [0.1, 0.15) is 5.82 Å². The van der Waals surface area contributed by atoms with Crippen LogP contribution in [0.1, 0.15) is 56.3 Å². The molecule has 232 valence electrons. The van der Waals surface area contributed by atoms with Crippen LogP contribution in [-0.2, 0) is 33.0 Å². The molecule has 1 aromatic heterocycles. The largest absolute Gasteiger partial charge is 0.500 e. The third kappa shape index (κ3) is 11.9. The summed E-state index contributed by atoms with van der Waals surface area (Å²) in [6, 6.07) is 11.1. The quantitative estimate of drug-likeness (QED) is 0.108. The molecular weight excluding hydrogens is 581 g/mol. The number of unbranched alkanes of at least 4 members (excludes halogenated alkanes) is 5. The van der Waals surface area contributed by atoms with E-state index in [1.54, 1.807) is 54.4 Å². The smallest absolute Gasteiger partial charge is 0.377 e. The summed E-state index contributed by atoms with van der Waals surface area (Å²) in [4.78, 5) is 17.8. The summed E-state index contributed by atoms with van der Waals surface area (Å²) >= 11 is 1.59. The second-order valence-corrected chi connectivity index (χ2v) is 16.8. The van der Waals surface area contributed by atoms with Crippen LogP contribution in [0.15, 0.2) is 35.5 Å². The molecule has 0 bridgehead atoms. The van der Waals surface area contributed by atoms with Crippen LogP contribution in [-0.4, -0.2) is 93.4 Å². The molecule has 0 aliphatic carbocycles. The van der Waals surface area contributed by atoms with Crippen LogP contribution in [0.4, 0.5) is 4.79 Å². The summed E-state index contributed by atoms with van der Waals surface area (Å²) < 4.78 is 34.2. The van der Waals surface area contributed by atoms with Gasteiger partial charge in [-0.15, -0.1) is 5.10 Å². The Bertz CT molecular complexity index is 979. The third-order valence-electron chi connectivity index (χ3n) is 6.96. The first-order valence-corrected chi connectivity index (χ1v) is 19.0. The molecule has 2 aromatic rings. The molecule has 1 N–H and O–H groups in total. The molecule has 0 aliphatic heterocycles. The second-order valence-electron chi connectivity index (χ2n) is 9.53. The molecule has 11 nitrogen and oxygen atoms in total. The Labute approximate surface area is 251 Å². The standard InChI is InChI=1S/C27H48N4O7SSi2/c1-33-40(34-2,35-3)21-15-10-8-7-9-14-20-39-26-29-25(23-24-17-12-11-13-18-24)31(30-26)27(32)28-19-16-22-41(36-4,37-5)38-6/h11-13,17-18H,7-10,14-16,19-23H2,1-6H3,(H,28,32). The van der Waals surface area contributed by atoms with E-state index in [1.807, 2.05) is 30.3 Å². The zero-order chi connectivity index (χ0) is 30.0. The highest BCUT2D eigenvalue weighted by molar-refractivity contribution is 7.99. The highest BCUT2D eigenvalue weighted by Gasteiger charge is 2.37. The minimum atomic E-state index is -2.67. The van der Waals surface area contributed by atoms with Crippen LogP contribution >= 0.6 is 11.8 Å². The number of hydrogen-bond donors (Lipinski definition) is 1. The molecule has 14 heteroatoms. The first kappa shape index (κ1) is 35.6. The van der Waals surface area contributed by atoms with Crippen molar-refractivity contribution in [1.82, 2.24) is 20.1 Å². The molecule has 0 saturated carbocycles. The van der Waals surface area contributed by atoms with Gasteiger partial charge in [0.15, 0.2) is 0 Å². The molecule has 41 heavy (non-hydrogen) atoms. The van der Waals surface area contributed by atoms with Gasteiger partial charge in [-0.05, 0) is 24.8 Å². The van der Waals surface area contributed by atoms with E-state index in [0.29, 0.717) is 36.4 Å². The van der Waals surface area contributed by atoms with Gasteiger partial charge in [-0.25, -0.2) is 9.78 Å². The lowest BCUT2D eigenvalue weighted by molar-refractivity contribution is 0.122. The first-order chi connectivity index (χ1) is 19.9. The van der Waals surface area contributed by atoms with Gasteiger partial charge in [0.2, 0.25) is 5.16 Å². The van der Waals surface area contributed by atoms with Crippen molar-refractivity contribution in [3.8, 4) is 0 Å². The fraction of sp³-hybridized carbons (Fsp3) is 0.667. The summed E-state index contributed by atoms with van der Waals surface area (Å²) in [5, 5.41) is 8.12. The lowest BCUT2D eigenvalue weighted by Gasteiger charge is -2.24. The molecule has 0 aliphatic rings. The highest BCUT2D eigenvalue weighted by atomic mass is 32.2. The van der Waals surface area contributed by atoms with E-state index in [0.717, 1.165) is 43.0 Å². The maximum Gasteiger partial charge on any atom is 0.500 e. The van der Waals surface area contributed by atoms with E-state index in [2.05, 4.69) is 10.4 Å². The first-order valence-electron chi connectivity index (χ1n) is 14.1. The van der Waals surface area contributed by atoms with Crippen molar-refractivity contribution in [2.45, 2.75) is 68.6 Å². The van der Waals surface area contributed by atoms with Crippen LogP contribution < -0.4 is 5.32 Å². The molecule has 1 aromatic carbocycles. The van der Waals surface area contributed by atoms with Crippen molar-refractivity contribution >= 4 is 35.4 Å². The molecule has 0 spiro atoms. The molecule has 0 unspecified atom stereocenters. The highest BCUT2D eigenvalue weighted by Crippen LogP contribution is 2.21. The van der Waals surface area contributed by atoms with Crippen molar-refractivity contribution in [1.29, 1.82) is 0 Å². The fourth-order valence-corrected chi connectivity index (χ4v) is 8.80. The monoisotopic (exact) mass is 628 g/mol. The molecular formula is C27H48N4O7SSi2. The van der Waals surface area contributed by atoms with Gasteiger partial charge in [0.05, 0.1) is 0 Å². The maximum atomic E-state index is 13.1. The van der Waals surface area contributed by atoms with Crippen molar-refractivity contribution < 1.29 is 31.4 Å². The van der Waals surface area contributed by atoms with Gasteiger partial charge >= 0.3 is 23.6 Å². The number of carbonyl (C=O) groups excluding carboxylic acids is 1. The topological polar surface area (TPSA) is 115 Å². The van der Waals surface area contributed by atoms with Crippen LogP contribution in [0.25, 0.3) is 0 Å². The Morgan fingerprint density at radius 1 is 0.780 bits per heavy atom. The molecule has 1 amide bonds. The number of rotatable bonds is 22. The van der Waals surface area contributed by atoms with E-state index in [-0.39, 0.29) is 6.03 Å².